The van der Waals surface area contributed by atoms with Gasteiger partial charge in [0, 0.05) is 12.6 Å². The Balaban J connectivity index is 2.21. The van der Waals surface area contributed by atoms with Crippen molar-refractivity contribution in [1.82, 2.24) is 9.97 Å². The van der Waals surface area contributed by atoms with Gasteiger partial charge in [0.05, 0.1) is 12.6 Å². The summed E-state index contributed by atoms with van der Waals surface area (Å²) in [6, 6.07) is 1.93. The van der Waals surface area contributed by atoms with Crippen molar-refractivity contribution in [2.24, 2.45) is 0 Å². The lowest BCUT2D eigenvalue weighted by molar-refractivity contribution is 0.266. The maximum atomic E-state index is 9.15. The Kier molecular flexibility index (Phi) is 2.49. The van der Waals surface area contributed by atoms with Crippen LogP contribution in [0.2, 0.25) is 0 Å². The molecule has 2 rings (SSSR count). The molecule has 0 saturated carbocycles. The van der Waals surface area contributed by atoms with Crippen LogP contribution in [0.15, 0.2) is 12.4 Å². The van der Waals surface area contributed by atoms with Gasteiger partial charge in [-0.25, -0.2) is 9.97 Å². The van der Waals surface area contributed by atoms with Crippen LogP contribution in [0.5, 0.6) is 0 Å². The van der Waals surface area contributed by atoms with E-state index in [1.807, 2.05) is 0 Å². The number of aliphatic hydroxyl groups excluding tert-OH is 1. The van der Waals surface area contributed by atoms with Crippen molar-refractivity contribution in [2.45, 2.75) is 18.9 Å². The minimum absolute atomic E-state index is 0.171. The molecule has 1 saturated heterocycles. The SMILES string of the molecule is Nc1cc(N2CCCC2CO)ncn1. The van der Waals surface area contributed by atoms with Gasteiger partial charge in [0.15, 0.2) is 0 Å². The second-order valence-corrected chi connectivity index (χ2v) is 3.47. The first-order valence-electron chi connectivity index (χ1n) is 4.76. The molecule has 1 atom stereocenters. The molecule has 1 aliphatic heterocycles. The van der Waals surface area contributed by atoms with E-state index in [-0.39, 0.29) is 12.6 Å². The van der Waals surface area contributed by atoms with Crippen LogP contribution in [0.3, 0.4) is 0 Å². The van der Waals surface area contributed by atoms with Gasteiger partial charge in [-0.05, 0) is 12.8 Å². The van der Waals surface area contributed by atoms with Crippen LogP contribution in [0, 0.1) is 0 Å². The summed E-state index contributed by atoms with van der Waals surface area (Å²) in [6.45, 7) is 1.10. The van der Waals surface area contributed by atoms with Crippen molar-refractivity contribution in [3.8, 4) is 0 Å². The van der Waals surface area contributed by atoms with Crippen molar-refractivity contribution < 1.29 is 5.11 Å². The zero-order valence-corrected chi connectivity index (χ0v) is 7.93. The summed E-state index contributed by atoms with van der Waals surface area (Å²) in [4.78, 5) is 10.1. The quantitative estimate of drug-likeness (QED) is 0.694. The fraction of sp³-hybridized carbons (Fsp3) is 0.556. The topological polar surface area (TPSA) is 75.3 Å². The van der Waals surface area contributed by atoms with Crippen LogP contribution < -0.4 is 10.6 Å². The van der Waals surface area contributed by atoms with Gasteiger partial charge in [0.25, 0.3) is 0 Å². The molecule has 1 aromatic rings. The molecule has 76 valence electrons. The molecular weight excluding hydrogens is 180 g/mol. The number of anilines is 2. The highest BCUT2D eigenvalue weighted by molar-refractivity contribution is 5.47. The second-order valence-electron chi connectivity index (χ2n) is 3.47. The van der Waals surface area contributed by atoms with Gasteiger partial charge >= 0.3 is 0 Å². The number of nitrogen functional groups attached to an aromatic ring is 1. The van der Waals surface area contributed by atoms with E-state index in [0.29, 0.717) is 5.82 Å². The van der Waals surface area contributed by atoms with Gasteiger partial charge < -0.3 is 15.7 Å². The molecule has 1 fully saturated rings. The fourth-order valence-corrected chi connectivity index (χ4v) is 1.85. The first-order valence-corrected chi connectivity index (χ1v) is 4.76. The van der Waals surface area contributed by atoms with Gasteiger partial charge in [-0.3, -0.25) is 0 Å². The van der Waals surface area contributed by atoms with Gasteiger partial charge in [-0.1, -0.05) is 0 Å². The Hall–Kier alpha value is -1.36. The van der Waals surface area contributed by atoms with E-state index in [9.17, 15) is 0 Å². The van der Waals surface area contributed by atoms with Crippen LogP contribution in [0.4, 0.5) is 11.6 Å². The fourth-order valence-electron chi connectivity index (χ4n) is 1.85. The number of hydrogen-bond acceptors (Lipinski definition) is 5. The summed E-state index contributed by atoms with van der Waals surface area (Å²) < 4.78 is 0. The minimum Gasteiger partial charge on any atom is -0.394 e. The van der Waals surface area contributed by atoms with Crippen LogP contribution in [0.25, 0.3) is 0 Å². The summed E-state index contributed by atoms with van der Waals surface area (Å²) >= 11 is 0. The first-order chi connectivity index (χ1) is 6.81. The minimum atomic E-state index is 0.171. The predicted molar refractivity (Wildman–Crippen MR) is 53.9 cm³/mol. The number of aromatic nitrogens is 2. The first kappa shape index (κ1) is 9.21. The van der Waals surface area contributed by atoms with Gasteiger partial charge in [0.1, 0.15) is 18.0 Å². The maximum Gasteiger partial charge on any atom is 0.134 e. The number of hydrogen-bond donors (Lipinski definition) is 2. The van der Waals surface area contributed by atoms with Crippen LogP contribution >= 0.6 is 0 Å². The molecule has 0 radical (unpaired) electrons. The normalized spacial score (nSPS) is 21.5. The molecular formula is C9H14N4O. The third-order valence-corrected chi connectivity index (χ3v) is 2.56. The molecule has 5 heteroatoms. The summed E-state index contributed by atoms with van der Waals surface area (Å²) in [7, 11) is 0. The van der Waals surface area contributed by atoms with Crippen molar-refractivity contribution in [3.05, 3.63) is 12.4 Å². The van der Waals surface area contributed by atoms with E-state index in [1.54, 1.807) is 6.07 Å². The van der Waals surface area contributed by atoms with Gasteiger partial charge in [0.2, 0.25) is 0 Å². The molecule has 0 aliphatic carbocycles. The molecule has 0 spiro atoms. The van der Waals surface area contributed by atoms with Crippen LogP contribution in [0.1, 0.15) is 12.8 Å². The standard InChI is InChI=1S/C9H14N4O/c10-8-4-9(12-6-11-8)13-3-1-2-7(13)5-14/h4,6-7,14H,1-3,5H2,(H2,10,11,12). The van der Waals surface area contributed by atoms with Crippen molar-refractivity contribution in [2.75, 3.05) is 23.8 Å². The Morgan fingerprint density at radius 1 is 1.57 bits per heavy atom. The average molecular weight is 194 g/mol. The molecule has 14 heavy (non-hydrogen) atoms. The van der Waals surface area contributed by atoms with E-state index in [1.165, 1.54) is 6.33 Å². The zero-order chi connectivity index (χ0) is 9.97. The number of nitrogens with two attached hydrogens (primary N) is 1. The summed E-state index contributed by atoms with van der Waals surface area (Å²) in [5.41, 5.74) is 5.57. The highest BCUT2D eigenvalue weighted by Crippen LogP contribution is 2.23. The lowest BCUT2D eigenvalue weighted by Gasteiger charge is -2.23. The zero-order valence-electron chi connectivity index (χ0n) is 7.93. The van der Waals surface area contributed by atoms with Crippen LogP contribution in [-0.2, 0) is 0 Å². The van der Waals surface area contributed by atoms with Crippen LogP contribution in [-0.4, -0.2) is 34.3 Å². The van der Waals surface area contributed by atoms with E-state index in [2.05, 4.69) is 14.9 Å². The van der Waals surface area contributed by atoms with E-state index >= 15 is 0 Å². The van der Waals surface area contributed by atoms with Gasteiger partial charge in [-0.15, -0.1) is 0 Å². The molecule has 5 nitrogen and oxygen atoms in total. The number of aliphatic hydroxyl groups is 1. The van der Waals surface area contributed by atoms with E-state index in [0.717, 1.165) is 25.2 Å². The second kappa shape index (κ2) is 3.79. The molecule has 0 bridgehead atoms. The van der Waals surface area contributed by atoms with Gasteiger partial charge in [-0.2, -0.15) is 0 Å². The van der Waals surface area contributed by atoms with E-state index in [4.69, 9.17) is 10.8 Å². The Bertz CT molecular complexity index is 317. The number of nitrogens with zero attached hydrogens (tertiary/aromatic N) is 3. The summed E-state index contributed by atoms with van der Waals surface area (Å²) in [6.07, 6.45) is 3.56. The third kappa shape index (κ3) is 1.63. The highest BCUT2D eigenvalue weighted by atomic mass is 16.3. The average Bonchev–Trinajstić information content (AvgIpc) is 2.65. The summed E-state index contributed by atoms with van der Waals surface area (Å²) in [5.74, 6) is 1.28. The van der Waals surface area contributed by atoms with E-state index < -0.39 is 0 Å². The van der Waals surface area contributed by atoms with Crippen molar-refractivity contribution in [1.29, 1.82) is 0 Å². The number of rotatable bonds is 2. The monoisotopic (exact) mass is 194 g/mol. The Labute approximate surface area is 82.6 Å². The highest BCUT2D eigenvalue weighted by Gasteiger charge is 2.24. The Morgan fingerprint density at radius 3 is 3.14 bits per heavy atom. The molecule has 3 N–H and O–H groups in total. The predicted octanol–water partition coefficient (Wildman–Crippen LogP) is 0.0199. The summed E-state index contributed by atoms with van der Waals surface area (Å²) in [5, 5.41) is 9.15. The molecule has 1 unspecified atom stereocenters. The molecule has 2 heterocycles. The third-order valence-electron chi connectivity index (χ3n) is 2.56. The van der Waals surface area contributed by atoms with Crippen molar-refractivity contribution in [3.63, 3.8) is 0 Å². The maximum absolute atomic E-state index is 9.15. The largest absolute Gasteiger partial charge is 0.394 e. The Morgan fingerprint density at radius 2 is 2.43 bits per heavy atom. The molecule has 0 aromatic carbocycles. The molecule has 1 aliphatic rings. The van der Waals surface area contributed by atoms with Crippen molar-refractivity contribution >= 4 is 11.6 Å². The molecule has 0 amide bonds. The lowest BCUT2D eigenvalue weighted by Crippen LogP contribution is -2.32. The molecule has 1 aromatic heterocycles. The lowest BCUT2D eigenvalue weighted by atomic mass is 10.2. The smallest absolute Gasteiger partial charge is 0.134 e.